The van der Waals surface area contributed by atoms with Crippen LogP contribution in [0, 0.1) is 0 Å². The number of aliphatic hydroxyl groups excluding tert-OH is 1. The van der Waals surface area contributed by atoms with E-state index in [9.17, 15) is 19.4 Å². The summed E-state index contributed by atoms with van der Waals surface area (Å²) in [7, 11) is 1.31. The molecule has 0 aliphatic rings. The number of likely N-dealkylation sites (N-methyl/N-ethyl adjacent to an activating group) is 1. The van der Waals surface area contributed by atoms with Crippen LogP contribution in [-0.4, -0.2) is 68.5 Å². The predicted octanol–water partition coefficient (Wildman–Crippen LogP) is 23.3. The van der Waals surface area contributed by atoms with Crippen molar-refractivity contribution in [3.8, 4) is 0 Å². The number of aliphatic hydroxyl groups is 1. The Hall–Kier alpha value is -2.32. The van der Waals surface area contributed by atoms with E-state index in [1.807, 2.05) is 21.1 Å². The number of phosphoric ester groups is 1. The van der Waals surface area contributed by atoms with Crippen LogP contribution in [0.1, 0.15) is 348 Å². The molecule has 502 valence electrons. The summed E-state index contributed by atoms with van der Waals surface area (Å²) < 4.78 is 23.6. The molecule has 0 aliphatic carbocycles. The van der Waals surface area contributed by atoms with Gasteiger partial charge in [-0.3, -0.25) is 9.36 Å². The minimum absolute atomic E-state index is 0.00921. The van der Waals surface area contributed by atoms with Crippen LogP contribution in [0.15, 0.2) is 85.1 Å². The molecular weight excluding hydrogens is 1080 g/mol. The molecule has 9 heteroatoms. The summed E-state index contributed by atoms with van der Waals surface area (Å²) in [5.41, 5.74) is 0. The molecule has 0 aromatic heterocycles. The van der Waals surface area contributed by atoms with Crippen LogP contribution in [0.25, 0.3) is 0 Å². The van der Waals surface area contributed by atoms with Crippen molar-refractivity contribution in [2.24, 2.45) is 0 Å². The van der Waals surface area contributed by atoms with E-state index in [1.165, 1.54) is 238 Å². The number of nitrogens with one attached hydrogen (secondary N) is 1. The molecule has 0 fully saturated rings. The van der Waals surface area contributed by atoms with Gasteiger partial charge in [0, 0.05) is 6.42 Å². The van der Waals surface area contributed by atoms with Gasteiger partial charge in [0.05, 0.1) is 39.9 Å². The normalized spacial score (nSPS) is 14.1. The van der Waals surface area contributed by atoms with Crippen molar-refractivity contribution < 1.29 is 32.9 Å². The third-order valence-electron chi connectivity index (χ3n) is 16.6. The van der Waals surface area contributed by atoms with Crippen molar-refractivity contribution in [1.29, 1.82) is 0 Å². The van der Waals surface area contributed by atoms with Crippen LogP contribution in [0.2, 0.25) is 0 Å². The fourth-order valence-corrected chi connectivity index (χ4v) is 11.7. The van der Waals surface area contributed by atoms with E-state index in [0.29, 0.717) is 23.9 Å². The highest BCUT2D eigenvalue weighted by Crippen LogP contribution is 2.38. The molecule has 86 heavy (non-hydrogen) atoms. The van der Waals surface area contributed by atoms with Gasteiger partial charge in [-0.25, -0.2) is 0 Å². The maximum absolute atomic E-state index is 13.1. The first-order chi connectivity index (χ1) is 42.0. The van der Waals surface area contributed by atoms with E-state index in [0.717, 1.165) is 83.5 Å². The summed E-state index contributed by atoms with van der Waals surface area (Å²) >= 11 is 0. The highest BCUT2D eigenvalue weighted by molar-refractivity contribution is 7.45. The second-order valence-corrected chi connectivity index (χ2v) is 27.7. The maximum atomic E-state index is 13.1. The first-order valence-corrected chi connectivity index (χ1v) is 38.4. The third-order valence-corrected chi connectivity index (χ3v) is 17.6. The summed E-state index contributed by atoms with van der Waals surface area (Å²) in [5.74, 6) is -0.166. The zero-order chi connectivity index (χ0) is 62.6. The fraction of sp³-hybridized carbons (Fsp3) is 0.805. The van der Waals surface area contributed by atoms with Crippen LogP contribution in [0.5, 0.6) is 0 Å². The Bertz CT molecular complexity index is 1680. The molecule has 0 heterocycles. The SMILES string of the molecule is CC/C=C\C/C=C\C/C=C\C/C=C\C/C=C\C/C=C\C/C=C\CCCCCCCCCCCCCC(=O)NC(COP(=O)([O-])OCC[N+](C)(C)C)C(O)CCCCCCCCCCCCCCCCCCCCCCCCCCCCCCCCC. The Morgan fingerprint density at radius 1 is 0.419 bits per heavy atom. The number of carbonyl (C=O) groups is 1. The molecule has 0 saturated heterocycles. The van der Waals surface area contributed by atoms with Gasteiger partial charge in [-0.1, -0.05) is 356 Å². The Labute approximate surface area is 535 Å². The number of hydrogen-bond acceptors (Lipinski definition) is 6. The van der Waals surface area contributed by atoms with Crippen LogP contribution in [-0.2, 0) is 18.4 Å². The zero-order valence-electron chi connectivity index (χ0n) is 57.5. The van der Waals surface area contributed by atoms with Gasteiger partial charge in [0.25, 0.3) is 7.82 Å². The van der Waals surface area contributed by atoms with Crippen LogP contribution >= 0.6 is 7.82 Å². The molecule has 0 aromatic rings. The lowest BCUT2D eigenvalue weighted by atomic mass is 10.0. The van der Waals surface area contributed by atoms with Gasteiger partial charge in [-0.15, -0.1) is 0 Å². The number of rotatable bonds is 68. The van der Waals surface area contributed by atoms with Crippen LogP contribution in [0.4, 0.5) is 0 Å². The van der Waals surface area contributed by atoms with Gasteiger partial charge >= 0.3 is 0 Å². The van der Waals surface area contributed by atoms with Crippen molar-refractivity contribution in [2.75, 3.05) is 40.9 Å². The highest BCUT2D eigenvalue weighted by atomic mass is 31.2. The van der Waals surface area contributed by atoms with E-state index in [1.54, 1.807) is 0 Å². The average Bonchev–Trinajstić information content (AvgIpc) is 3.70. The van der Waals surface area contributed by atoms with Crippen molar-refractivity contribution in [2.45, 2.75) is 360 Å². The molecule has 8 nitrogen and oxygen atoms in total. The van der Waals surface area contributed by atoms with E-state index in [4.69, 9.17) is 9.05 Å². The van der Waals surface area contributed by atoms with Crippen molar-refractivity contribution in [3.05, 3.63) is 85.1 Å². The topological polar surface area (TPSA) is 108 Å². The van der Waals surface area contributed by atoms with Crippen molar-refractivity contribution in [3.63, 3.8) is 0 Å². The van der Waals surface area contributed by atoms with Gasteiger partial charge in [0.2, 0.25) is 5.91 Å². The second kappa shape index (κ2) is 67.1. The zero-order valence-corrected chi connectivity index (χ0v) is 58.4. The van der Waals surface area contributed by atoms with Gasteiger partial charge < -0.3 is 28.8 Å². The number of quaternary nitrogens is 1. The Balaban J connectivity index is 4.04. The molecule has 0 aliphatic heterocycles. The molecule has 0 saturated carbocycles. The lowest BCUT2D eigenvalue weighted by Gasteiger charge is -2.30. The molecule has 0 aromatic carbocycles. The third kappa shape index (κ3) is 69.2. The first-order valence-electron chi connectivity index (χ1n) is 36.9. The highest BCUT2D eigenvalue weighted by Gasteiger charge is 2.24. The Kier molecular flexibility index (Phi) is 65.3. The molecule has 3 atom stereocenters. The number of amides is 1. The standard InChI is InChI=1S/C77H143N2O6P/c1-6-8-10-12-14-16-18-20-22-24-26-28-30-32-34-36-38-39-41-43-45-47-49-51-53-55-57-59-61-63-65-67-69-71-77(81)78-75(74-85-86(82,83)84-73-72-79(3,4)5)76(80)70-68-66-64-62-60-58-56-54-52-50-48-46-44-42-40-37-35-33-31-29-27-25-23-21-19-17-15-13-11-9-7-2/h8,10,14,16,20,22,26,28,32,34,38-39,43,45,75-76,80H,6-7,9,11-13,15,17-19,21,23-25,27,29-31,33,35-37,40-42,44,46-74H2,1-5H3,(H-,78,81,82,83)/b10-8-,16-14-,22-20-,28-26-,34-32-,39-38-,45-43-. The van der Waals surface area contributed by atoms with E-state index in [-0.39, 0.29) is 19.1 Å². The average molecular weight is 1220 g/mol. The molecule has 1 amide bonds. The van der Waals surface area contributed by atoms with E-state index < -0.39 is 20.0 Å². The van der Waals surface area contributed by atoms with Gasteiger partial charge in [0.1, 0.15) is 13.2 Å². The molecule has 0 radical (unpaired) electrons. The number of carbonyl (C=O) groups excluding carboxylic acids is 1. The van der Waals surface area contributed by atoms with Gasteiger partial charge in [-0.2, -0.15) is 0 Å². The summed E-state index contributed by atoms with van der Waals surface area (Å²) in [6.45, 7) is 4.65. The lowest BCUT2D eigenvalue weighted by molar-refractivity contribution is -0.870. The molecular formula is C77H143N2O6P. The minimum atomic E-state index is -4.59. The predicted molar refractivity (Wildman–Crippen MR) is 376 cm³/mol. The number of allylic oxidation sites excluding steroid dienone is 14. The Morgan fingerprint density at radius 3 is 1.03 bits per heavy atom. The number of phosphoric acid groups is 1. The summed E-state index contributed by atoms with van der Waals surface area (Å²) in [6.07, 6.45) is 95.3. The van der Waals surface area contributed by atoms with Crippen LogP contribution < -0.4 is 10.2 Å². The molecule has 0 rings (SSSR count). The molecule has 0 bridgehead atoms. The van der Waals surface area contributed by atoms with E-state index >= 15 is 0 Å². The number of nitrogens with zero attached hydrogens (tertiary/aromatic N) is 1. The minimum Gasteiger partial charge on any atom is -0.756 e. The Morgan fingerprint density at radius 2 is 0.709 bits per heavy atom. The second-order valence-electron chi connectivity index (χ2n) is 26.3. The fourth-order valence-electron chi connectivity index (χ4n) is 11.0. The van der Waals surface area contributed by atoms with Crippen molar-refractivity contribution >= 4 is 13.7 Å². The monoisotopic (exact) mass is 1220 g/mol. The summed E-state index contributed by atoms with van der Waals surface area (Å²) in [4.78, 5) is 25.7. The van der Waals surface area contributed by atoms with Gasteiger partial charge in [0.15, 0.2) is 0 Å². The van der Waals surface area contributed by atoms with E-state index in [2.05, 4.69) is 104 Å². The quantitative estimate of drug-likeness (QED) is 0.0272. The van der Waals surface area contributed by atoms with Crippen LogP contribution in [0.3, 0.4) is 0 Å². The smallest absolute Gasteiger partial charge is 0.268 e. The summed E-state index contributed by atoms with van der Waals surface area (Å²) in [5, 5.41) is 14.1. The lowest BCUT2D eigenvalue weighted by Crippen LogP contribution is -2.46. The molecule has 0 spiro atoms. The summed E-state index contributed by atoms with van der Waals surface area (Å²) in [6, 6.07) is -0.809. The maximum Gasteiger partial charge on any atom is 0.268 e. The first kappa shape index (κ1) is 83.7. The van der Waals surface area contributed by atoms with Crippen molar-refractivity contribution in [1.82, 2.24) is 5.32 Å². The van der Waals surface area contributed by atoms with Gasteiger partial charge in [-0.05, 0) is 70.6 Å². The largest absolute Gasteiger partial charge is 0.756 e. The molecule has 3 unspecified atom stereocenters. The number of hydrogen-bond donors (Lipinski definition) is 2. The number of unbranched alkanes of at least 4 members (excludes halogenated alkanes) is 41. The molecule has 2 N–H and O–H groups in total.